The van der Waals surface area contributed by atoms with Crippen molar-refractivity contribution in [3.63, 3.8) is 0 Å². The second-order valence-corrected chi connectivity index (χ2v) is 6.20. The zero-order chi connectivity index (χ0) is 13.0. The highest BCUT2D eigenvalue weighted by Crippen LogP contribution is 2.27. The van der Waals surface area contributed by atoms with E-state index in [1.807, 2.05) is 0 Å². The molecule has 0 amide bonds. The van der Waals surface area contributed by atoms with Crippen LogP contribution < -0.4 is 5.32 Å². The zero-order valence-corrected chi connectivity index (χ0v) is 12.4. The molecule has 0 aliphatic carbocycles. The highest BCUT2D eigenvalue weighted by molar-refractivity contribution is 7.09. The van der Waals surface area contributed by atoms with Crippen LogP contribution in [0.25, 0.3) is 0 Å². The Labute approximate surface area is 114 Å². The molecule has 1 aromatic heterocycles. The van der Waals surface area contributed by atoms with Crippen molar-refractivity contribution >= 4 is 11.3 Å². The number of aryl methyl sites for hydroxylation is 1. The average molecular weight is 268 g/mol. The molecule has 0 spiro atoms. The molecule has 3 unspecified atom stereocenters. The van der Waals surface area contributed by atoms with Gasteiger partial charge >= 0.3 is 0 Å². The van der Waals surface area contributed by atoms with Crippen LogP contribution in [-0.2, 0) is 11.2 Å². The SMILES string of the molecule is CCNC(Cc1nc(C)cs1)C1CCOCC1C. The normalized spacial score (nSPS) is 26.2. The first-order valence-corrected chi connectivity index (χ1v) is 7.80. The van der Waals surface area contributed by atoms with E-state index in [-0.39, 0.29) is 0 Å². The molecule has 1 fully saturated rings. The summed E-state index contributed by atoms with van der Waals surface area (Å²) in [6.45, 7) is 9.40. The van der Waals surface area contributed by atoms with Crippen molar-refractivity contribution in [1.29, 1.82) is 0 Å². The predicted octanol–water partition coefficient (Wildman–Crippen LogP) is 2.64. The zero-order valence-electron chi connectivity index (χ0n) is 11.6. The molecular formula is C14H24N2OS. The van der Waals surface area contributed by atoms with E-state index in [9.17, 15) is 0 Å². The van der Waals surface area contributed by atoms with E-state index in [0.29, 0.717) is 17.9 Å². The molecule has 4 heteroatoms. The molecule has 1 N–H and O–H groups in total. The molecule has 2 rings (SSSR count). The van der Waals surface area contributed by atoms with E-state index in [4.69, 9.17) is 4.74 Å². The summed E-state index contributed by atoms with van der Waals surface area (Å²) in [7, 11) is 0. The van der Waals surface area contributed by atoms with Gasteiger partial charge in [0.2, 0.25) is 0 Å². The number of nitrogens with zero attached hydrogens (tertiary/aromatic N) is 1. The second-order valence-electron chi connectivity index (χ2n) is 5.26. The smallest absolute Gasteiger partial charge is 0.0943 e. The van der Waals surface area contributed by atoms with Crippen LogP contribution in [0.5, 0.6) is 0 Å². The van der Waals surface area contributed by atoms with E-state index < -0.39 is 0 Å². The van der Waals surface area contributed by atoms with Gasteiger partial charge in [-0.1, -0.05) is 13.8 Å². The third-order valence-corrected chi connectivity index (χ3v) is 4.74. The number of nitrogens with one attached hydrogen (secondary N) is 1. The summed E-state index contributed by atoms with van der Waals surface area (Å²) in [4.78, 5) is 4.60. The maximum atomic E-state index is 5.55. The molecule has 1 aliphatic heterocycles. The molecule has 1 aromatic rings. The maximum Gasteiger partial charge on any atom is 0.0943 e. The Kier molecular flexibility index (Phi) is 5.15. The number of hydrogen-bond donors (Lipinski definition) is 1. The van der Waals surface area contributed by atoms with Gasteiger partial charge in [0, 0.05) is 36.8 Å². The van der Waals surface area contributed by atoms with E-state index in [1.165, 1.54) is 11.4 Å². The fourth-order valence-electron chi connectivity index (χ4n) is 2.82. The van der Waals surface area contributed by atoms with Gasteiger partial charge in [0.25, 0.3) is 0 Å². The molecule has 1 aliphatic rings. The van der Waals surface area contributed by atoms with Gasteiger partial charge in [0.05, 0.1) is 5.01 Å². The van der Waals surface area contributed by atoms with E-state index in [1.54, 1.807) is 11.3 Å². The van der Waals surface area contributed by atoms with Crippen LogP contribution in [0.15, 0.2) is 5.38 Å². The van der Waals surface area contributed by atoms with Crippen molar-refractivity contribution in [3.8, 4) is 0 Å². The summed E-state index contributed by atoms with van der Waals surface area (Å²) >= 11 is 1.79. The molecule has 1 saturated heterocycles. The Morgan fingerprint density at radius 3 is 3.06 bits per heavy atom. The Morgan fingerprint density at radius 2 is 2.44 bits per heavy atom. The van der Waals surface area contributed by atoms with Crippen LogP contribution in [0.4, 0.5) is 0 Å². The topological polar surface area (TPSA) is 34.2 Å². The molecule has 18 heavy (non-hydrogen) atoms. The summed E-state index contributed by atoms with van der Waals surface area (Å²) in [5, 5.41) is 7.06. The molecular weight excluding hydrogens is 244 g/mol. The first-order chi connectivity index (χ1) is 8.70. The lowest BCUT2D eigenvalue weighted by Crippen LogP contribution is -2.44. The summed E-state index contributed by atoms with van der Waals surface area (Å²) < 4.78 is 5.55. The first-order valence-electron chi connectivity index (χ1n) is 6.92. The lowest BCUT2D eigenvalue weighted by atomic mass is 9.82. The summed E-state index contributed by atoms with van der Waals surface area (Å²) in [5.74, 6) is 1.35. The van der Waals surface area contributed by atoms with Gasteiger partial charge in [-0.15, -0.1) is 11.3 Å². The fraction of sp³-hybridized carbons (Fsp3) is 0.786. The lowest BCUT2D eigenvalue weighted by molar-refractivity contribution is 0.0111. The van der Waals surface area contributed by atoms with Crippen LogP contribution in [0.1, 0.15) is 31.0 Å². The van der Waals surface area contributed by atoms with E-state index in [0.717, 1.165) is 31.9 Å². The Bertz CT molecular complexity index is 366. The number of aromatic nitrogens is 1. The number of likely N-dealkylation sites (N-methyl/N-ethyl adjacent to an activating group) is 1. The van der Waals surface area contributed by atoms with Gasteiger partial charge in [0.1, 0.15) is 0 Å². The van der Waals surface area contributed by atoms with Gasteiger partial charge in [-0.3, -0.25) is 0 Å². The standard InChI is InChI=1S/C14H24N2OS/c1-4-15-13(7-14-16-11(3)9-18-14)12-5-6-17-8-10(12)2/h9-10,12-13,15H,4-8H2,1-3H3. The van der Waals surface area contributed by atoms with Gasteiger partial charge in [-0.05, 0) is 31.7 Å². The summed E-state index contributed by atoms with van der Waals surface area (Å²) in [6, 6.07) is 0.541. The molecule has 2 heterocycles. The second kappa shape index (κ2) is 6.64. The maximum absolute atomic E-state index is 5.55. The van der Waals surface area contributed by atoms with E-state index in [2.05, 4.69) is 36.5 Å². The van der Waals surface area contributed by atoms with Crippen LogP contribution in [0.2, 0.25) is 0 Å². The van der Waals surface area contributed by atoms with Crippen molar-refractivity contribution in [2.24, 2.45) is 11.8 Å². The third-order valence-electron chi connectivity index (χ3n) is 3.75. The monoisotopic (exact) mass is 268 g/mol. The molecule has 0 saturated carbocycles. The van der Waals surface area contributed by atoms with Crippen LogP contribution in [0.3, 0.4) is 0 Å². The van der Waals surface area contributed by atoms with Gasteiger partial charge in [-0.25, -0.2) is 4.98 Å². The quantitative estimate of drug-likeness (QED) is 0.891. The van der Waals surface area contributed by atoms with Crippen molar-refractivity contribution in [2.75, 3.05) is 19.8 Å². The van der Waals surface area contributed by atoms with Crippen molar-refractivity contribution in [1.82, 2.24) is 10.3 Å². The molecule has 0 radical (unpaired) electrons. The number of rotatable bonds is 5. The minimum atomic E-state index is 0.541. The van der Waals surface area contributed by atoms with Crippen LogP contribution in [-0.4, -0.2) is 30.8 Å². The number of ether oxygens (including phenoxy) is 1. The third kappa shape index (κ3) is 3.53. The minimum Gasteiger partial charge on any atom is -0.381 e. The average Bonchev–Trinajstić information content (AvgIpc) is 2.75. The summed E-state index contributed by atoms with van der Waals surface area (Å²) in [6.07, 6.45) is 2.23. The van der Waals surface area contributed by atoms with Gasteiger partial charge < -0.3 is 10.1 Å². The minimum absolute atomic E-state index is 0.541. The largest absolute Gasteiger partial charge is 0.381 e. The lowest BCUT2D eigenvalue weighted by Gasteiger charge is -2.35. The van der Waals surface area contributed by atoms with Crippen molar-refractivity contribution in [2.45, 2.75) is 39.7 Å². The number of thiazole rings is 1. The molecule has 0 aromatic carbocycles. The highest BCUT2D eigenvalue weighted by atomic mass is 32.1. The molecule has 0 bridgehead atoms. The Morgan fingerprint density at radius 1 is 1.61 bits per heavy atom. The van der Waals surface area contributed by atoms with E-state index >= 15 is 0 Å². The summed E-state index contributed by atoms with van der Waals surface area (Å²) in [5.41, 5.74) is 1.14. The highest BCUT2D eigenvalue weighted by Gasteiger charge is 2.29. The van der Waals surface area contributed by atoms with Gasteiger partial charge in [0.15, 0.2) is 0 Å². The molecule has 3 atom stereocenters. The van der Waals surface area contributed by atoms with Gasteiger partial charge in [-0.2, -0.15) is 0 Å². The Balaban J connectivity index is 2.02. The molecule has 3 nitrogen and oxygen atoms in total. The fourth-order valence-corrected chi connectivity index (χ4v) is 3.65. The number of hydrogen-bond acceptors (Lipinski definition) is 4. The Hall–Kier alpha value is -0.450. The first kappa shape index (κ1) is 14.0. The van der Waals surface area contributed by atoms with Crippen molar-refractivity contribution in [3.05, 3.63) is 16.1 Å². The predicted molar refractivity (Wildman–Crippen MR) is 76.1 cm³/mol. The van der Waals surface area contributed by atoms with Crippen LogP contribution >= 0.6 is 11.3 Å². The van der Waals surface area contributed by atoms with Crippen LogP contribution in [0, 0.1) is 18.8 Å². The molecule has 102 valence electrons. The van der Waals surface area contributed by atoms with Crippen molar-refractivity contribution < 1.29 is 4.74 Å².